The van der Waals surface area contributed by atoms with Crippen molar-refractivity contribution in [2.45, 2.75) is 31.6 Å². The molecule has 1 atom stereocenters. The van der Waals surface area contributed by atoms with Crippen LogP contribution in [0.4, 0.5) is 10.1 Å². The molecular weight excluding hydrogens is 429 g/mol. The number of hydrogen-bond acceptors (Lipinski definition) is 5. The van der Waals surface area contributed by atoms with Gasteiger partial charge in [-0.05, 0) is 38.1 Å². The summed E-state index contributed by atoms with van der Waals surface area (Å²) in [5.41, 5.74) is 1.75. The number of nitrogens with zero attached hydrogens (tertiary/aromatic N) is 3. The summed E-state index contributed by atoms with van der Waals surface area (Å²) in [6.45, 7) is 7.94. The number of allylic oxidation sites excluding steroid dienone is 1. The SMILES string of the molecule is C=CCn1c(SCC(=O)Nc2ccccc2F)nnc1[C@@H](C)NC(=O)c1ccc(C)cc1. The number of benzene rings is 2. The molecule has 2 N–H and O–H groups in total. The number of carbonyl (C=O) groups is 2. The van der Waals surface area contributed by atoms with Gasteiger partial charge in [-0.3, -0.25) is 9.59 Å². The molecule has 0 unspecified atom stereocenters. The second-order valence-corrected chi connectivity index (χ2v) is 8.06. The van der Waals surface area contributed by atoms with Crippen molar-refractivity contribution in [3.63, 3.8) is 0 Å². The molecule has 2 aromatic carbocycles. The van der Waals surface area contributed by atoms with Crippen LogP contribution in [0.5, 0.6) is 0 Å². The number of nitrogens with one attached hydrogen (secondary N) is 2. The summed E-state index contributed by atoms with van der Waals surface area (Å²) >= 11 is 1.17. The molecule has 1 aromatic heterocycles. The van der Waals surface area contributed by atoms with E-state index in [0.29, 0.717) is 23.1 Å². The topological polar surface area (TPSA) is 88.9 Å². The van der Waals surface area contributed by atoms with E-state index in [2.05, 4.69) is 27.4 Å². The first-order valence-electron chi connectivity index (χ1n) is 9.97. The molecule has 0 fully saturated rings. The Morgan fingerprint density at radius 1 is 1.19 bits per heavy atom. The number of aryl methyl sites for hydroxylation is 1. The van der Waals surface area contributed by atoms with Gasteiger partial charge in [0.15, 0.2) is 11.0 Å². The second kappa shape index (κ2) is 10.7. The maximum absolute atomic E-state index is 13.7. The summed E-state index contributed by atoms with van der Waals surface area (Å²) in [5.74, 6) is -0.517. The first-order valence-corrected chi connectivity index (χ1v) is 11.0. The Labute approximate surface area is 190 Å². The van der Waals surface area contributed by atoms with Gasteiger partial charge in [0.2, 0.25) is 5.91 Å². The van der Waals surface area contributed by atoms with Crippen LogP contribution in [0.3, 0.4) is 0 Å². The van der Waals surface area contributed by atoms with Crippen molar-refractivity contribution in [1.29, 1.82) is 0 Å². The highest BCUT2D eigenvalue weighted by molar-refractivity contribution is 7.99. The van der Waals surface area contributed by atoms with Gasteiger partial charge in [-0.15, -0.1) is 16.8 Å². The Hall–Kier alpha value is -3.46. The molecule has 0 spiro atoms. The number of amides is 2. The summed E-state index contributed by atoms with van der Waals surface area (Å²) in [6.07, 6.45) is 1.69. The minimum atomic E-state index is -0.499. The average molecular weight is 454 g/mol. The van der Waals surface area contributed by atoms with E-state index in [-0.39, 0.29) is 23.3 Å². The number of rotatable bonds is 9. The fraction of sp³-hybridized carbons (Fsp3) is 0.217. The van der Waals surface area contributed by atoms with Gasteiger partial charge in [-0.2, -0.15) is 0 Å². The Morgan fingerprint density at radius 3 is 2.59 bits per heavy atom. The largest absolute Gasteiger partial charge is 0.342 e. The number of anilines is 1. The van der Waals surface area contributed by atoms with Crippen LogP contribution in [0.15, 0.2) is 66.3 Å². The standard InChI is InChI=1S/C23H24FN5O2S/c1-4-13-29-21(16(3)25-22(31)17-11-9-15(2)10-12-17)27-28-23(29)32-14-20(30)26-19-8-6-5-7-18(19)24/h4-12,16H,1,13-14H2,2-3H3,(H,25,31)(H,26,30)/t16-/m1/s1. The lowest BCUT2D eigenvalue weighted by Gasteiger charge is -2.15. The molecule has 0 saturated carbocycles. The van der Waals surface area contributed by atoms with Crippen LogP contribution < -0.4 is 10.6 Å². The highest BCUT2D eigenvalue weighted by Gasteiger charge is 2.20. The molecule has 3 rings (SSSR count). The van der Waals surface area contributed by atoms with E-state index in [0.717, 1.165) is 5.56 Å². The number of halogens is 1. The van der Waals surface area contributed by atoms with Crippen molar-refractivity contribution < 1.29 is 14.0 Å². The van der Waals surface area contributed by atoms with Gasteiger partial charge >= 0.3 is 0 Å². The highest BCUT2D eigenvalue weighted by atomic mass is 32.2. The predicted octanol–water partition coefficient (Wildman–Crippen LogP) is 4.13. The molecule has 0 saturated heterocycles. The van der Waals surface area contributed by atoms with Gasteiger partial charge in [-0.25, -0.2) is 4.39 Å². The van der Waals surface area contributed by atoms with Gasteiger partial charge < -0.3 is 15.2 Å². The molecule has 3 aromatic rings. The fourth-order valence-electron chi connectivity index (χ4n) is 2.96. The molecule has 0 aliphatic heterocycles. The Kier molecular flexibility index (Phi) is 7.77. The normalized spacial score (nSPS) is 11.6. The van der Waals surface area contributed by atoms with Crippen molar-refractivity contribution in [1.82, 2.24) is 20.1 Å². The van der Waals surface area contributed by atoms with Gasteiger partial charge in [0, 0.05) is 12.1 Å². The Morgan fingerprint density at radius 2 is 1.91 bits per heavy atom. The zero-order chi connectivity index (χ0) is 23.1. The number of thioether (sulfide) groups is 1. The third-order valence-corrected chi connectivity index (χ3v) is 5.55. The van der Waals surface area contributed by atoms with E-state index in [1.54, 1.807) is 34.9 Å². The zero-order valence-corrected chi connectivity index (χ0v) is 18.7. The Bertz CT molecular complexity index is 1110. The third-order valence-electron chi connectivity index (χ3n) is 4.59. The summed E-state index contributed by atoms with van der Waals surface area (Å²) in [5, 5.41) is 14.3. The monoisotopic (exact) mass is 453 g/mol. The van der Waals surface area contributed by atoms with Gasteiger partial charge in [0.05, 0.1) is 17.5 Å². The van der Waals surface area contributed by atoms with Crippen molar-refractivity contribution in [2.24, 2.45) is 0 Å². The van der Waals surface area contributed by atoms with E-state index in [1.807, 2.05) is 26.0 Å². The smallest absolute Gasteiger partial charge is 0.251 e. The summed E-state index contributed by atoms with van der Waals surface area (Å²) < 4.78 is 15.5. The van der Waals surface area contributed by atoms with Crippen LogP contribution in [-0.4, -0.2) is 32.3 Å². The number of aromatic nitrogens is 3. The molecule has 0 aliphatic carbocycles. The van der Waals surface area contributed by atoms with Crippen molar-refractivity contribution in [3.05, 3.63) is 84.0 Å². The van der Waals surface area contributed by atoms with E-state index in [1.165, 1.54) is 23.9 Å². The molecule has 9 heteroatoms. The molecule has 1 heterocycles. The summed E-state index contributed by atoms with van der Waals surface area (Å²) in [7, 11) is 0. The number of para-hydroxylation sites is 1. The van der Waals surface area contributed by atoms with Crippen molar-refractivity contribution >= 4 is 29.3 Å². The lowest BCUT2D eigenvalue weighted by molar-refractivity contribution is -0.113. The van der Waals surface area contributed by atoms with Gasteiger partial charge in [0.1, 0.15) is 5.82 Å². The minimum Gasteiger partial charge on any atom is -0.342 e. The number of carbonyl (C=O) groups excluding carboxylic acids is 2. The maximum Gasteiger partial charge on any atom is 0.251 e. The second-order valence-electron chi connectivity index (χ2n) is 7.12. The lowest BCUT2D eigenvalue weighted by Crippen LogP contribution is -2.28. The quantitative estimate of drug-likeness (QED) is 0.376. The summed E-state index contributed by atoms with van der Waals surface area (Å²) in [6, 6.07) is 12.8. The number of hydrogen-bond donors (Lipinski definition) is 2. The molecular formula is C23H24FN5O2S. The Balaban J connectivity index is 1.66. The maximum atomic E-state index is 13.7. The van der Waals surface area contributed by atoms with Crippen LogP contribution in [0.25, 0.3) is 0 Å². The van der Waals surface area contributed by atoms with Crippen LogP contribution in [0.1, 0.15) is 34.7 Å². The van der Waals surface area contributed by atoms with Crippen LogP contribution in [-0.2, 0) is 11.3 Å². The van der Waals surface area contributed by atoms with Crippen LogP contribution >= 0.6 is 11.8 Å². The van der Waals surface area contributed by atoms with E-state index < -0.39 is 11.9 Å². The molecule has 0 radical (unpaired) electrons. The summed E-state index contributed by atoms with van der Waals surface area (Å²) in [4.78, 5) is 24.8. The minimum absolute atomic E-state index is 0.0215. The lowest BCUT2D eigenvalue weighted by atomic mass is 10.1. The van der Waals surface area contributed by atoms with E-state index >= 15 is 0 Å². The molecule has 2 amide bonds. The molecule has 32 heavy (non-hydrogen) atoms. The fourth-order valence-corrected chi connectivity index (χ4v) is 3.71. The van der Waals surface area contributed by atoms with Gasteiger partial charge in [0.25, 0.3) is 5.91 Å². The van der Waals surface area contributed by atoms with E-state index in [4.69, 9.17) is 0 Å². The van der Waals surface area contributed by atoms with Gasteiger partial charge in [-0.1, -0.05) is 47.7 Å². The first kappa shape index (κ1) is 23.2. The average Bonchev–Trinajstić information content (AvgIpc) is 3.17. The molecule has 166 valence electrons. The van der Waals surface area contributed by atoms with Crippen LogP contribution in [0, 0.1) is 12.7 Å². The van der Waals surface area contributed by atoms with Crippen molar-refractivity contribution in [3.8, 4) is 0 Å². The first-order chi connectivity index (χ1) is 15.4. The molecule has 0 bridgehead atoms. The van der Waals surface area contributed by atoms with Crippen LogP contribution in [0.2, 0.25) is 0 Å². The highest BCUT2D eigenvalue weighted by Crippen LogP contribution is 2.22. The van der Waals surface area contributed by atoms with Crippen molar-refractivity contribution in [2.75, 3.05) is 11.1 Å². The van der Waals surface area contributed by atoms with E-state index in [9.17, 15) is 14.0 Å². The molecule has 0 aliphatic rings. The molecule has 7 nitrogen and oxygen atoms in total. The third kappa shape index (κ3) is 5.82. The zero-order valence-electron chi connectivity index (χ0n) is 17.8. The predicted molar refractivity (Wildman–Crippen MR) is 123 cm³/mol.